The second-order valence-electron chi connectivity index (χ2n) is 6.57. The number of nitro groups is 1. The van der Waals surface area contributed by atoms with E-state index in [1.165, 1.54) is 30.3 Å². The number of nitro benzene ring substituents is 1. The van der Waals surface area contributed by atoms with E-state index in [4.69, 9.17) is 0 Å². The van der Waals surface area contributed by atoms with Crippen LogP contribution in [0.25, 0.3) is 0 Å². The number of hydrogen-bond acceptors (Lipinski definition) is 4. The zero-order chi connectivity index (χ0) is 20.3. The van der Waals surface area contributed by atoms with Crippen LogP contribution in [0.5, 0.6) is 0 Å². The molecule has 1 fully saturated rings. The minimum absolute atomic E-state index is 0.133. The van der Waals surface area contributed by atoms with Gasteiger partial charge in [0.1, 0.15) is 0 Å². The quantitative estimate of drug-likeness (QED) is 0.588. The van der Waals surface area contributed by atoms with Crippen LogP contribution >= 0.6 is 0 Å². The molecular weight excluding hydrogens is 375 g/mol. The lowest BCUT2D eigenvalue weighted by Gasteiger charge is -2.34. The molecule has 0 saturated carbocycles. The number of rotatable bonds is 4. The zero-order valence-electron chi connectivity index (χ0n) is 14.9. The fourth-order valence-corrected chi connectivity index (χ4v) is 3.10. The fraction of sp³-hybridized carbons (Fsp3) is 0.316. The first-order chi connectivity index (χ1) is 13.2. The van der Waals surface area contributed by atoms with Gasteiger partial charge in [0, 0.05) is 50.4 Å². The van der Waals surface area contributed by atoms with Gasteiger partial charge in [-0.1, -0.05) is 18.2 Å². The van der Waals surface area contributed by atoms with Crippen LogP contribution in [0.4, 0.5) is 18.9 Å². The van der Waals surface area contributed by atoms with Crippen molar-refractivity contribution in [1.29, 1.82) is 0 Å². The van der Waals surface area contributed by atoms with Crippen molar-refractivity contribution in [3.63, 3.8) is 0 Å². The second kappa shape index (κ2) is 7.97. The molecule has 0 spiro atoms. The highest BCUT2D eigenvalue weighted by Crippen LogP contribution is 2.29. The monoisotopic (exact) mass is 393 g/mol. The van der Waals surface area contributed by atoms with E-state index in [0.717, 1.165) is 17.7 Å². The topological polar surface area (TPSA) is 66.7 Å². The number of carbonyl (C=O) groups is 1. The largest absolute Gasteiger partial charge is 0.416 e. The van der Waals surface area contributed by atoms with Crippen molar-refractivity contribution in [3.8, 4) is 0 Å². The SMILES string of the molecule is O=C(c1cccc([N+](=O)[O-])c1)N1CCN(Cc2ccc(C(F)(F)F)cc2)CC1. The molecule has 1 aliphatic rings. The van der Waals surface area contributed by atoms with Gasteiger partial charge < -0.3 is 4.90 Å². The van der Waals surface area contributed by atoms with Crippen LogP contribution in [0.1, 0.15) is 21.5 Å². The highest BCUT2D eigenvalue weighted by atomic mass is 19.4. The van der Waals surface area contributed by atoms with Crippen LogP contribution in [0.2, 0.25) is 0 Å². The summed E-state index contributed by atoms with van der Waals surface area (Å²) < 4.78 is 37.9. The highest BCUT2D eigenvalue weighted by molar-refractivity contribution is 5.94. The average Bonchev–Trinajstić information content (AvgIpc) is 2.68. The molecule has 0 aromatic heterocycles. The number of halogens is 3. The summed E-state index contributed by atoms with van der Waals surface area (Å²) in [6.07, 6.45) is -4.35. The van der Waals surface area contributed by atoms with Gasteiger partial charge >= 0.3 is 6.18 Å². The van der Waals surface area contributed by atoms with Crippen molar-refractivity contribution < 1.29 is 22.9 Å². The Morgan fingerprint density at radius 1 is 1.04 bits per heavy atom. The number of carbonyl (C=O) groups excluding carboxylic acids is 1. The van der Waals surface area contributed by atoms with Crippen LogP contribution in [0, 0.1) is 10.1 Å². The number of piperazine rings is 1. The van der Waals surface area contributed by atoms with Crippen molar-refractivity contribution >= 4 is 11.6 Å². The summed E-state index contributed by atoms with van der Waals surface area (Å²) in [6, 6.07) is 10.7. The first kappa shape index (κ1) is 19.8. The highest BCUT2D eigenvalue weighted by Gasteiger charge is 2.30. The van der Waals surface area contributed by atoms with Crippen LogP contribution in [-0.2, 0) is 12.7 Å². The van der Waals surface area contributed by atoms with E-state index in [9.17, 15) is 28.1 Å². The maximum atomic E-state index is 12.6. The molecule has 0 atom stereocenters. The van der Waals surface area contributed by atoms with Gasteiger partial charge in [-0.05, 0) is 23.8 Å². The van der Waals surface area contributed by atoms with Crippen LogP contribution < -0.4 is 0 Å². The molecule has 0 bridgehead atoms. The summed E-state index contributed by atoms with van der Waals surface area (Å²) in [5.74, 6) is -0.266. The summed E-state index contributed by atoms with van der Waals surface area (Å²) in [5, 5.41) is 10.9. The molecule has 28 heavy (non-hydrogen) atoms. The Labute approximate surface area is 159 Å². The van der Waals surface area contributed by atoms with Gasteiger partial charge in [0.15, 0.2) is 0 Å². The first-order valence-corrected chi connectivity index (χ1v) is 8.66. The molecule has 9 heteroatoms. The maximum Gasteiger partial charge on any atom is 0.416 e. The molecule has 0 N–H and O–H groups in total. The van der Waals surface area contributed by atoms with Crippen molar-refractivity contribution in [2.24, 2.45) is 0 Å². The Morgan fingerprint density at radius 3 is 2.25 bits per heavy atom. The maximum absolute atomic E-state index is 12.6. The van der Waals surface area contributed by atoms with Gasteiger partial charge in [0.25, 0.3) is 11.6 Å². The summed E-state index contributed by atoms with van der Waals surface area (Å²) in [5.41, 5.74) is 0.229. The molecule has 0 radical (unpaired) electrons. The van der Waals surface area contributed by atoms with Gasteiger partial charge in [-0.2, -0.15) is 13.2 Å². The number of hydrogen-bond donors (Lipinski definition) is 0. The van der Waals surface area contributed by atoms with Gasteiger partial charge in [0.2, 0.25) is 0 Å². The Morgan fingerprint density at radius 2 is 1.68 bits per heavy atom. The Balaban J connectivity index is 1.56. The van der Waals surface area contributed by atoms with E-state index in [2.05, 4.69) is 4.90 Å². The van der Waals surface area contributed by atoms with E-state index in [-0.39, 0.29) is 17.2 Å². The predicted octanol–water partition coefficient (Wildman–Crippen LogP) is 3.57. The smallest absolute Gasteiger partial charge is 0.336 e. The van der Waals surface area contributed by atoms with Gasteiger partial charge in [-0.25, -0.2) is 0 Å². The normalized spacial score (nSPS) is 15.5. The number of nitrogens with zero attached hydrogens (tertiary/aromatic N) is 3. The van der Waals surface area contributed by atoms with Crippen LogP contribution in [0.15, 0.2) is 48.5 Å². The molecule has 0 aliphatic carbocycles. The van der Waals surface area contributed by atoms with E-state index in [1.807, 2.05) is 0 Å². The minimum Gasteiger partial charge on any atom is -0.336 e. The predicted molar refractivity (Wildman–Crippen MR) is 95.7 cm³/mol. The van der Waals surface area contributed by atoms with E-state index in [0.29, 0.717) is 32.7 Å². The number of amides is 1. The Hall–Kier alpha value is -2.94. The molecule has 1 amide bonds. The Bertz CT molecular complexity index is 861. The molecule has 1 aliphatic heterocycles. The van der Waals surface area contributed by atoms with Gasteiger partial charge in [-0.15, -0.1) is 0 Å². The number of benzene rings is 2. The number of non-ortho nitro benzene ring substituents is 1. The third kappa shape index (κ3) is 4.66. The molecule has 0 unspecified atom stereocenters. The fourth-order valence-electron chi connectivity index (χ4n) is 3.10. The summed E-state index contributed by atoms with van der Waals surface area (Å²) >= 11 is 0. The van der Waals surface area contributed by atoms with Crippen LogP contribution in [-0.4, -0.2) is 46.8 Å². The zero-order valence-corrected chi connectivity index (χ0v) is 14.9. The molecule has 148 valence electrons. The van der Waals surface area contributed by atoms with Crippen molar-refractivity contribution in [2.75, 3.05) is 26.2 Å². The molecule has 1 saturated heterocycles. The van der Waals surface area contributed by atoms with E-state index in [1.54, 1.807) is 11.0 Å². The first-order valence-electron chi connectivity index (χ1n) is 8.66. The number of alkyl halides is 3. The van der Waals surface area contributed by atoms with Crippen LogP contribution in [0.3, 0.4) is 0 Å². The third-order valence-electron chi connectivity index (χ3n) is 4.65. The molecular formula is C19H18F3N3O3. The average molecular weight is 393 g/mol. The molecule has 6 nitrogen and oxygen atoms in total. The summed E-state index contributed by atoms with van der Waals surface area (Å²) in [6.45, 7) is 2.53. The lowest BCUT2D eigenvalue weighted by Crippen LogP contribution is -2.48. The standard InChI is InChI=1S/C19H18F3N3O3/c20-19(21,22)16-6-4-14(5-7-16)13-23-8-10-24(11-9-23)18(26)15-2-1-3-17(12-15)25(27)28/h1-7,12H,8-11,13H2. The second-order valence-corrected chi connectivity index (χ2v) is 6.57. The van der Waals surface area contributed by atoms with Crippen molar-refractivity contribution in [1.82, 2.24) is 9.80 Å². The molecule has 2 aromatic rings. The lowest BCUT2D eigenvalue weighted by molar-refractivity contribution is -0.384. The molecule has 3 rings (SSSR count). The molecule has 2 aromatic carbocycles. The molecule has 1 heterocycles. The van der Waals surface area contributed by atoms with Gasteiger partial charge in [0.05, 0.1) is 10.5 Å². The third-order valence-corrected chi connectivity index (χ3v) is 4.65. The van der Waals surface area contributed by atoms with Gasteiger partial charge in [-0.3, -0.25) is 19.8 Å². The minimum atomic E-state index is -4.35. The van der Waals surface area contributed by atoms with E-state index < -0.39 is 16.7 Å². The lowest BCUT2D eigenvalue weighted by atomic mass is 10.1. The summed E-state index contributed by atoms with van der Waals surface area (Å²) in [7, 11) is 0. The van der Waals surface area contributed by atoms with E-state index >= 15 is 0 Å². The Kier molecular flexibility index (Phi) is 5.64. The summed E-state index contributed by atoms with van der Waals surface area (Å²) in [4.78, 5) is 26.5. The van der Waals surface area contributed by atoms with Crippen molar-refractivity contribution in [3.05, 3.63) is 75.3 Å². The van der Waals surface area contributed by atoms with Crippen molar-refractivity contribution in [2.45, 2.75) is 12.7 Å².